The predicted molar refractivity (Wildman–Crippen MR) is 128 cm³/mol. The number of nitrogens with zero attached hydrogens (tertiary/aromatic N) is 4. The Hall–Kier alpha value is -3.00. The lowest BCUT2D eigenvalue weighted by molar-refractivity contribution is -0.118. The Kier molecular flexibility index (Phi) is 9.55. The van der Waals surface area contributed by atoms with Crippen LogP contribution in [0.2, 0.25) is 0 Å². The molecule has 1 aromatic heterocycles. The number of piperazine rings is 1. The van der Waals surface area contributed by atoms with E-state index >= 15 is 0 Å². The number of nitrogen functional groups attached to an aromatic ring is 1. The Balaban J connectivity index is 0.00000408. The molecule has 1 aliphatic heterocycles. The van der Waals surface area contributed by atoms with Crippen molar-refractivity contribution in [3.05, 3.63) is 30.5 Å². The summed E-state index contributed by atoms with van der Waals surface area (Å²) in [6.07, 6.45) is 0.605. The fourth-order valence-corrected chi connectivity index (χ4v) is 4.52. The number of carbonyl (C=O) groups is 2. The minimum absolute atomic E-state index is 0. The van der Waals surface area contributed by atoms with Crippen molar-refractivity contribution in [2.24, 2.45) is 0 Å². The van der Waals surface area contributed by atoms with Crippen molar-refractivity contribution < 1.29 is 22.7 Å². The molecule has 0 atom stereocenters. The molecule has 2 amide bonds. The average Bonchev–Trinajstić information content (AvgIpc) is 2.78. The number of benzene rings is 1. The highest BCUT2D eigenvalue weighted by Crippen LogP contribution is 2.25. The number of hydrogen-bond donors (Lipinski definition) is 3. The Bertz CT molecular complexity index is 1110. The third-order valence-electron chi connectivity index (χ3n) is 4.97. The number of carbonyl (C=O) groups excluding carboxylic acids is 2. The maximum atomic E-state index is 12.9. The summed E-state index contributed by atoms with van der Waals surface area (Å²) in [6.45, 7) is 4.03. The van der Waals surface area contributed by atoms with Crippen LogP contribution >= 0.6 is 12.4 Å². The van der Waals surface area contributed by atoms with Gasteiger partial charge in [0.2, 0.25) is 15.9 Å². The van der Waals surface area contributed by atoms with Crippen LogP contribution in [0.3, 0.4) is 0 Å². The highest BCUT2D eigenvalue weighted by atomic mass is 35.5. The number of anilines is 1. The largest absolute Gasteiger partial charge is 0.414 e. The fraction of sp³-hybridized carbons (Fsp3) is 0.400. The molecule has 0 radical (unpaired) electrons. The molecule has 1 aliphatic rings. The second-order valence-corrected chi connectivity index (χ2v) is 9.41. The van der Waals surface area contributed by atoms with Gasteiger partial charge in [0, 0.05) is 51.8 Å². The number of aromatic nitrogens is 2. The Labute approximate surface area is 204 Å². The van der Waals surface area contributed by atoms with Crippen LogP contribution in [0.25, 0.3) is 11.3 Å². The van der Waals surface area contributed by atoms with Crippen LogP contribution in [0.1, 0.15) is 6.92 Å². The van der Waals surface area contributed by atoms with Crippen molar-refractivity contribution in [3.8, 4) is 17.1 Å². The lowest BCUT2D eigenvalue weighted by atomic mass is 10.2. The number of hydrogen-bond acceptors (Lipinski definition) is 9. The van der Waals surface area contributed by atoms with Gasteiger partial charge in [0.15, 0.2) is 5.82 Å². The number of halogens is 1. The minimum atomic E-state index is -3.58. The molecule has 186 valence electrons. The molecule has 2 heterocycles. The molecule has 0 saturated carbocycles. The fourth-order valence-electron chi connectivity index (χ4n) is 3.10. The lowest BCUT2D eigenvalue weighted by Crippen LogP contribution is -2.46. The van der Waals surface area contributed by atoms with Gasteiger partial charge < -0.3 is 26.0 Å². The van der Waals surface area contributed by atoms with Crippen molar-refractivity contribution in [2.45, 2.75) is 11.8 Å². The average molecular weight is 514 g/mol. The molecule has 1 saturated heterocycles. The number of sulfonamides is 1. The van der Waals surface area contributed by atoms with Crippen molar-refractivity contribution in [1.29, 1.82) is 0 Å². The van der Waals surface area contributed by atoms with E-state index in [1.807, 2.05) is 7.05 Å². The number of nitrogens with two attached hydrogens (primary N) is 1. The number of likely N-dealkylation sites (N-methyl/N-ethyl adjacent to an activating group) is 1. The molecule has 0 unspecified atom stereocenters. The highest BCUT2D eigenvalue weighted by molar-refractivity contribution is 7.89. The van der Waals surface area contributed by atoms with Gasteiger partial charge in [-0.05, 0) is 19.2 Å². The third-order valence-corrected chi connectivity index (χ3v) is 6.89. The third kappa shape index (κ3) is 7.00. The van der Waals surface area contributed by atoms with Crippen molar-refractivity contribution in [1.82, 2.24) is 29.8 Å². The van der Waals surface area contributed by atoms with Crippen molar-refractivity contribution >= 4 is 40.2 Å². The summed E-state index contributed by atoms with van der Waals surface area (Å²) in [5.41, 5.74) is 6.69. The first-order chi connectivity index (χ1) is 15.7. The summed E-state index contributed by atoms with van der Waals surface area (Å²) in [5, 5.41) is 4.99. The Morgan fingerprint density at radius 2 is 1.71 bits per heavy atom. The summed E-state index contributed by atoms with van der Waals surface area (Å²) >= 11 is 0. The normalized spacial score (nSPS) is 14.6. The number of ether oxygens (including phenoxy) is 1. The van der Waals surface area contributed by atoms with Gasteiger partial charge in [0.25, 0.3) is 5.88 Å². The van der Waals surface area contributed by atoms with Gasteiger partial charge in [0.1, 0.15) is 0 Å². The maximum absolute atomic E-state index is 12.9. The van der Waals surface area contributed by atoms with Crippen LogP contribution in [0.5, 0.6) is 5.88 Å². The zero-order valence-electron chi connectivity index (χ0n) is 18.9. The zero-order chi connectivity index (χ0) is 24.0. The Morgan fingerprint density at radius 3 is 2.32 bits per heavy atom. The van der Waals surface area contributed by atoms with E-state index in [-0.39, 0.29) is 48.0 Å². The van der Waals surface area contributed by atoms with E-state index in [9.17, 15) is 18.0 Å². The van der Waals surface area contributed by atoms with Crippen molar-refractivity contribution in [2.75, 3.05) is 52.0 Å². The molecule has 1 fully saturated rings. The standard InChI is InChI=1S/C20H27N7O5S.ClH/c1-14(28)22-7-8-23-20(29)32-19-18(21)24-13-17(25-19)15-3-5-16(6-4-15)33(30,31)27-11-9-26(2)10-12-27;/h3-6,13H,7-12H2,1-2H3,(H2,21,24)(H,22,28)(H,23,29);1H. The van der Waals surface area contributed by atoms with Gasteiger partial charge in [-0.15, -0.1) is 12.4 Å². The maximum Gasteiger partial charge on any atom is 0.414 e. The second-order valence-electron chi connectivity index (χ2n) is 7.48. The summed E-state index contributed by atoms with van der Waals surface area (Å²) in [4.78, 5) is 33.3. The van der Waals surface area contributed by atoms with Gasteiger partial charge in [-0.3, -0.25) is 4.79 Å². The molecule has 0 bridgehead atoms. The Morgan fingerprint density at radius 1 is 1.09 bits per heavy atom. The molecule has 4 N–H and O–H groups in total. The molecule has 12 nitrogen and oxygen atoms in total. The molecular formula is C20H28ClN7O5S. The van der Waals surface area contributed by atoms with Crippen LogP contribution in [0.4, 0.5) is 10.6 Å². The van der Waals surface area contributed by atoms with Crippen LogP contribution < -0.4 is 21.1 Å². The number of nitrogens with one attached hydrogen (secondary N) is 2. The summed E-state index contributed by atoms with van der Waals surface area (Å²) < 4.78 is 32.4. The highest BCUT2D eigenvalue weighted by Gasteiger charge is 2.27. The van der Waals surface area contributed by atoms with E-state index in [0.717, 1.165) is 0 Å². The van der Waals surface area contributed by atoms with Gasteiger partial charge in [-0.2, -0.15) is 4.31 Å². The first-order valence-electron chi connectivity index (χ1n) is 10.3. The molecule has 14 heteroatoms. The zero-order valence-corrected chi connectivity index (χ0v) is 20.5. The molecule has 0 spiro atoms. The van der Waals surface area contributed by atoms with Crippen LogP contribution in [-0.2, 0) is 14.8 Å². The minimum Gasteiger partial charge on any atom is -0.387 e. The first kappa shape index (κ1) is 27.2. The van der Waals surface area contributed by atoms with Gasteiger partial charge in [0.05, 0.1) is 16.8 Å². The molecule has 3 rings (SSSR count). The van der Waals surface area contributed by atoms with E-state index in [0.29, 0.717) is 37.4 Å². The van der Waals surface area contributed by atoms with Crippen LogP contribution in [-0.4, -0.2) is 85.9 Å². The van der Waals surface area contributed by atoms with E-state index < -0.39 is 16.1 Å². The summed E-state index contributed by atoms with van der Waals surface area (Å²) in [6, 6.07) is 6.24. The van der Waals surface area contributed by atoms with Gasteiger partial charge in [-0.25, -0.2) is 23.2 Å². The van der Waals surface area contributed by atoms with E-state index in [1.165, 1.54) is 29.6 Å². The number of rotatable bonds is 7. The van der Waals surface area contributed by atoms with E-state index in [2.05, 4.69) is 25.5 Å². The van der Waals surface area contributed by atoms with E-state index in [4.69, 9.17) is 10.5 Å². The molecule has 34 heavy (non-hydrogen) atoms. The SMILES string of the molecule is CC(=O)NCCNC(=O)Oc1nc(-c2ccc(S(=O)(=O)N3CCN(C)CC3)cc2)cnc1N.Cl. The predicted octanol–water partition coefficient (Wildman–Crippen LogP) is 0.308. The first-order valence-corrected chi connectivity index (χ1v) is 11.7. The quantitative estimate of drug-likeness (QED) is 0.442. The van der Waals surface area contributed by atoms with Gasteiger partial charge >= 0.3 is 6.09 Å². The lowest BCUT2D eigenvalue weighted by Gasteiger charge is -2.31. The molecule has 2 aromatic rings. The monoisotopic (exact) mass is 513 g/mol. The van der Waals surface area contributed by atoms with Crippen LogP contribution in [0.15, 0.2) is 35.4 Å². The topological polar surface area (TPSA) is 160 Å². The van der Waals surface area contributed by atoms with Crippen molar-refractivity contribution in [3.63, 3.8) is 0 Å². The summed E-state index contributed by atoms with van der Waals surface area (Å²) in [5.74, 6) is -0.473. The number of amides is 2. The second kappa shape index (κ2) is 11.9. The summed E-state index contributed by atoms with van der Waals surface area (Å²) in [7, 11) is -1.63. The van der Waals surface area contributed by atoms with E-state index in [1.54, 1.807) is 12.1 Å². The smallest absolute Gasteiger partial charge is 0.387 e. The molecule has 0 aliphatic carbocycles. The molecular weight excluding hydrogens is 486 g/mol. The van der Waals surface area contributed by atoms with Crippen LogP contribution in [0, 0.1) is 0 Å². The molecule has 1 aromatic carbocycles. The van der Waals surface area contributed by atoms with Gasteiger partial charge in [-0.1, -0.05) is 12.1 Å².